The van der Waals surface area contributed by atoms with Gasteiger partial charge in [0.1, 0.15) is 6.61 Å². The number of benzene rings is 1. The minimum Gasteiger partial charge on any atom is -0.490 e. The molecule has 0 aliphatic rings. The standard InChI is InChI=1S/C16H27NO3/c1-4-10-17-16(3,12-18)13-20-15-9-7-6-8-14(15)19-11-5-2/h6-9,17-18H,4-5,10-13H2,1-3H3. The Balaban J connectivity index is 2.63. The molecule has 1 aromatic rings. The van der Waals surface area contributed by atoms with E-state index in [1.54, 1.807) is 0 Å². The maximum absolute atomic E-state index is 9.53. The van der Waals surface area contributed by atoms with Crippen LogP contribution in [-0.2, 0) is 0 Å². The third-order valence-corrected chi connectivity index (χ3v) is 3.01. The molecule has 1 unspecified atom stereocenters. The van der Waals surface area contributed by atoms with E-state index in [2.05, 4.69) is 19.2 Å². The lowest BCUT2D eigenvalue weighted by atomic mass is 10.1. The van der Waals surface area contributed by atoms with Gasteiger partial charge in [0.15, 0.2) is 11.5 Å². The summed E-state index contributed by atoms with van der Waals surface area (Å²) < 4.78 is 11.5. The Morgan fingerprint density at radius 2 is 1.75 bits per heavy atom. The maximum Gasteiger partial charge on any atom is 0.161 e. The third-order valence-electron chi connectivity index (χ3n) is 3.01. The Morgan fingerprint density at radius 1 is 1.10 bits per heavy atom. The summed E-state index contributed by atoms with van der Waals surface area (Å²) in [5.74, 6) is 1.48. The Labute approximate surface area is 122 Å². The fourth-order valence-corrected chi connectivity index (χ4v) is 1.72. The average Bonchev–Trinajstić information content (AvgIpc) is 2.49. The maximum atomic E-state index is 9.53. The van der Waals surface area contributed by atoms with E-state index < -0.39 is 5.54 Å². The Hall–Kier alpha value is -1.26. The lowest BCUT2D eigenvalue weighted by Crippen LogP contribution is -2.50. The van der Waals surface area contributed by atoms with Crippen molar-refractivity contribution in [3.05, 3.63) is 24.3 Å². The molecule has 0 saturated carbocycles. The first-order chi connectivity index (χ1) is 9.65. The smallest absolute Gasteiger partial charge is 0.161 e. The number of hydrogen-bond donors (Lipinski definition) is 2. The van der Waals surface area contributed by atoms with Crippen LogP contribution in [0.5, 0.6) is 11.5 Å². The van der Waals surface area contributed by atoms with Crippen LogP contribution < -0.4 is 14.8 Å². The fraction of sp³-hybridized carbons (Fsp3) is 0.625. The summed E-state index contributed by atoms with van der Waals surface area (Å²) in [5, 5.41) is 12.8. The molecule has 0 bridgehead atoms. The van der Waals surface area contributed by atoms with Gasteiger partial charge in [0, 0.05) is 0 Å². The van der Waals surface area contributed by atoms with Crippen LogP contribution in [0.1, 0.15) is 33.6 Å². The molecule has 114 valence electrons. The van der Waals surface area contributed by atoms with Crippen LogP contribution in [0.25, 0.3) is 0 Å². The lowest BCUT2D eigenvalue weighted by Gasteiger charge is -2.29. The second kappa shape index (κ2) is 8.82. The Bertz CT molecular complexity index is 384. The third kappa shape index (κ3) is 5.39. The lowest BCUT2D eigenvalue weighted by molar-refractivity contribution is 0.113. The van der Waals surface area contributed by atoms with Crippen LogP contribution in [0.3, 0.4) is 0 Å². The van der Waals surface area contributed by atoms with Crippen molar-refractivity contribution >= 4 is 0 Å². The van der Waals surface area contributed by atoms with Gasteiger partial charge in [-0.3, -0.25) is 0 Å². The molecular weight excluding hydrogens is 254 g/mol. The van der Waals surface area contributed by atoms with E-state index in [4.69, 9.17) is 9.47 Å². The van der Waals surface area contributed by atoms with Crippen molar-refractivity contribution in [1.82, 2.24) is 5.32 Å². The fourth-order valence-electron chi connectivity index (χ4n) is 1.72. The zero-order chi connectivity index (χ0) is 14.8. The molecule has 20 heavy (non-hydrogen) atoms. The summed E-state index contributed by atoms with van der Waals surface area (Å²) in [5.41, 5.74) is -0.437. The summed E-state index contributed by atoms with van der Waals surface area (Å²) in [6.07, 6.45) is 1.98. The van der Waals surface area contributed by atoms with Gasteiger partial charge in [0.2, 0.25) is 0 Å². The van der Waals surface area contributed by atoms with E-state index in [9.17, 15) is 5.11 Å². The molecule has 0 amide bonds. The molecule has 4 heteroatoms. The van der Waals surface area contributed by atoms with Gasteiger partial charge in [0.25, 0.3) is 0 Å². The van der Waals surface area contributed by atoms with Gasteiger partial charge >= 0.3 is 0 Å². The Morgan fingerprint density at radius 3 is 2.30 bits per heavy atom. The number of rotatable bonds is 10. The van der Waals surface area contributed by atoms with Crippen molar-refractivity contribution in [3.63, 3.8) is 0 Å². The van der Waals surface area contributed by atoms with Crippen LogP contribution in [0, 0.1) is 0 Å². The minimum absolute atomic E-state index is 0.0327. The molecule has 0 aliphatic carbocycles. The van der Waals surface area contributed by atoms with Crippen molar-refractivity contribution in [2.45, 2.75) is 39.2 Å². The Kier molecular flexibility index (Phi) is 7.41. The summed E-state index contributed by atoms with van der Waals surface area (Å²) in [7, 11) is 0. The van der Waals surface area contributed by atoms with Crippen LogP contribution in [0.2, 0.25) is 0 Å². The number of nitrogens with one attached hydrogen (secondary N) is 1. The van der Waals surface area contributed by atoms with Crippen LogP contribution in [-0.4, -0.2) is 37.0 Å². The quantitative estimate of drug-likeness (QED) is 0.692. The number of hydrogen-bond acceptors (Lipinski definition) is 4. The first kappa shape index (κ1) is 16.8. The molecule has 1 aromatic carbocycles. The van der Waals surface area contributed by atoms with E-state index in [1.165, 1.54) is 0 Å². The summed E-state index contributed by atoms with van der Waals surface area (Å²) in [6, 6.07) is 7.64. The van der Waals surface area contributed by atoms with Gasteiger partial charge in [-0.15, -0.1) is 0 Å². The van der Waals surface area contributed by atoms with E-state index >= 15 is 0 Å². The highest BCUT2D eigenvalue weighted by Crippen LogP contribution is 2.27. The summed E-state index contributed by atoms with van der Waals surface area (Å²) in [4.78, 5) is 0. The zero-order valence-electron chi connectivity index (χ0n) is 12.8. The highest BCUT2D eigenvalue weighted by Gasteiger charge is 2.23. The van der Waals surface area contributed by atoms with Gasteiger partial charge < -0.3 is 19.9 Å². The largest absolute Gasteiger partial charge is 0.490 e. The molecule has 1 atom stereocenters. The monoisotopic (exact) mass is 281 g/mol. The summed E-state index contributed by atoms with van der Waals surface area (Å²) in [6.45, 7) is 8.08. The number of para-hydroxylation sites is 2. The molecular formula is C16H27NO3. The predicted octanol–water partition coefficient (Wildman–Crippen LogP) is 2.60. The highest BCUT2D eigenvalue weighted by atomic mass is 16.5. The molecule has 0 spiro atoms. The second-order valence-electron chi connectivity index (χ2n) is 5.23. The van der Waals surface area contributed by atoms with Gasteiger partial charge in [-0.05, 0) is 38.4 Å². The first-order valence-electron chi connectivity index (χ1n) is 7.35. The molecule has 1 rings (SSSR count). The number of aliphatic hydroxyl groups is 1. The molecule has 0 fully saturated rings. The molecule has 4 nitrogen and oxygen atoms in total. The van der Waals surface area contributed by atoms with Gasteiger partial charge in [-0.2, -0.15) is 0 Å². The van der Waals surface area contributed by atoms with E-state index in [1.807, 2.05) is 31.2 Å². The second-order valence-corrected chi connectivity index (χ2v) is 5.23. The molecule has 0 heterocycles. The number of ether oxygens (including phenoxy) is 2. The van der Waals surface area contributed by atoms with Crippen molar-refractivity contribution in [2.75, 3.05) is 26.4 Å². The zero-order valence-corrected chi connectivity index (χ0v) is 12.8. The predicted molar refractivity (Wildman–Crippen MR) is 81.5 cm³/mol. The van der Waals surface area contributed by atoms with E-state index in [0.717, 1.165) is 30.9 Å². The molecule has 0 aromatic heterocycles. The average molecular weight is 281 g/mol. The van der Waals surface area contributed by atoms with E-state index in [-0.39, 0.29) is 6.61 Å². The van der Waals surface area contributed by atoms with Crippen LogP contribution in [0.15, 0.2) is 24.3 Å². The molecule has 2 N–H and O–H groups in total. The highest BCUT2D eigenvalue weighted by molar-refractivity contribution is 5.39. The first-order valence-corrected chi connectivity index (χ1v) is 7.35. The van der Waals surface area contributed by atoms with Crippen molar-refractivity contribution in [2.24, 2.45) is 0 Å². The van der Waals surface area contributed by atoms with Crippen LogP contribution in [0.4, 0.5) is 0 Å². The van der Waals surface area contributed by atoms with Crippen molar-refractivity contribution < 1.29 is 14.6 Å². The minimum atomic E-state index is -0.437. The molecule has 0 radical (unpaired) electrons. The van der Waals surface area contributed by atoms with Crippen molar-refractivity contribution in [3.8, 4) is 11.5 Å². The van der Waals surface area contributed by atoms with Crippen LogP contribution >= 0.6 is 0 Å². The van der Waals surface area contributed by atoms with Gasteiger partial charge in [0.05, 0.1) is 18.8 Å². The van der Waals surface area contributed by atoms with Gasteiger partial charge in [-0.25, -0.2) is 0 Å². The SMILES string of the molecule is CCCNC(C)(CO)COc1ccccc1OCCC. The number of aliphatic hydroxyl groups excluding tert-OH is 1. The van der Waals surface area contributed by atoms with Gasteiger partial charge in [-0.1, -0.05) is 26.0 Å². The summed E-state index contributed by atoms with van der Waals surface area (Å²) >= 11 is 0. The van der Waals surface area contributed by atoms with Crippen molar-refractivity contribution in [1.29, 1.82) is 0 Å². The van der Waals surface area contributed by atoms with E-state index in [0.29, 0.717) is 13.2 Å². The molecule has 0 saturated heterocycles. The molecule has 0 aliphatic heterocycles. The normalized spacial score (nSPS) is 13.8. The topological polar surface area (TPSA) is 50.7 Å².